The molecule has 1 atom stereocenters. The number of rotatable bonds is 9. The first-order chi connectivity index (χ1) is 9.61. The molecule has 0 aliphatic rings. The maximum Gasteiger partial charge on any atom is 0.194 e. The molecule has 0 bridgehead atoms. The van der Waals surface area contributed by atoms with Crippen LogP contribution in [-0.4, -0.2) is 6.54 Å². The number of hydrogen-bond donors (Lipinski definition) is 1. The molecule has 20 heavy (non-hydrogen) atoms. The summed E-state index contributed by atoms with van der Waals surface area (Å²) in [6.45, 7) is 4.73. The molecule has 0 heterocycles. The SMILES string of the molecule is CCCCCCCC(NCC)c1ccc(F)c(F)c1F. The third-order valence-electron chi connectivity index (χ3n) is 3.49. The fraction of sp³-hybridized carbons (Fsp3) is 0.625. The number of halogens is 3. The van der Waals surface area contributed by atoms with Gasteiger partial charge in [-0.05, 0) is 19.0 Å². The minimum Gasteiger partial charge on any atom is -0.310 e. The Bertz CT molecular complexity index is 407. The Labute approximate surface area is 119 Å². The van der Waals surface area contributed by atoms with Gasteiger partial charge in [-0.15, -0.1) is 0 Å². The summed E-state index contributed by atoms with van der Waals surface area (Å²) in [6.07, 6.45) is 6.31. The summed E-state index contributed by atoms with van der Waals surface area (Å²) >= 11 is 0. The lowest BCUT2D eigenvalue weighted by atomic mass is 9.99. The Balaban J connectivity index is 2.68. The topological polar surface area (TPSA) is 12.0 Å². The van der Waals surface area contributed by atoms with Crippen LogP contribution in [0.1, 0.15) is 64.0 Å². The highest BCUT2D eigenvalue weighted by atomic mass is 19.2. The lowest BCUT2D eigenvalue weighted by Gasteiger charge is -2.19. The summed E-state index contributed by atoms with van der Waals surface area (Å²) in [5, 5.41) is 3.15. The van der Waals surface area contributed by atoms with E-state index in [1.54, 1.807) is 0 Å². The van der Waals surface area contributed by atoms with E-state index < -0.39 is 17.5 Å². The van der Waals surface area contributed by atoms with Gasteiger partial charge in [0.2, 0.25) is 0 Å². The third kappa shape index (κ3) is 4.82. The van der Waals surface area contributed by atoms with Crippen LogP contribution in [0.5, 0.6) is 0 Å². The molecule has 0 saturated heterocycles. The summed E-state index contributed by atoms with van der Waals surface area (Å²) in [6, 6.07) is 2.08. The van der Waals surface area contributed by atoms with E-state index in [9.17, 15) is 13.2 Å². The van der Waals surface area contributed by atoms with Crippen molar-refractivity contribution in [2.45, 2.75) is 58.4 Å². The zero-order chi connectivity index (χ0) is 15.0. The van der Waals surface area contributed by atoms with Crippen molar-refractivity contribution < 1.29 is 13.2 Å². The molecule has 1 unspecified atom stereocenters. The predicted molar refractivity (Wildman–Crippen MR) is 76.1 cm³/mol. The van der Waals surface area contributed by atoms with E-state index in [2.05, 4.69) is 12.2 Å². The van der Waals surface area contributed by atoms with E-state index in [1.165, 1.54) is 18.9 Å². The highest BCUT2D eigenvalue weighted by Crippen LogP contribution is 2.25. The van der Waals surface area contributed by atoms with Crippen LogP contribution in [0.3, 0.4) is 0 Å². The maximum atomic E-state index is 13.8. The minimum atomic E-state index is -1.38. The summed E-state index contributed by atoms with van der Waals surface area (Å²) < 4.78 is 40.1. The lowest BCUT2D eigenvalue weighted by Crippen LogP contribution is -2.22. The number of hydrogen-bond acceptors (Lipinski definition) is 1. The Morgan fingerprint density at radius 3 is 2.30 bits per heavy atom. The van der Waals surface area contributed by atoms with Gasteiger partial charge in [-0.25, -0.2) is 13.2 Å². The van der Waals surface area contributed by atoms with Gasteiger partial charge in [0.15, 0.2) is 17.5 Å². The molecule has 1 rings (SSSR count). The van der Waals surface area contributed by atoms with E-state index in [-0.39, 0.29) is 11.6 Å². The van der Waals surface area contributed by atoms with E-state index in [0.717, 1.165) is 31.7 Å². The van der Waals surface area contributed by atoms with Crippen LogP contribution in [0, 0.1) is 17.5 Å². The Kier molecular flexibility index (Phi) is 7.67. The molecule has 1 N–H and O–H groups in total. The number of nitrogens with one attached hydrogen (secondary N) is 1. The van der Waals surface area contributed by atoms with Gasteiger partial charge < -0.3 is 5.32 Å². The highest BCUT2D eigenvalue weighted by molar-refractivity contribution is 5.23. The molecule has 0 fully saturated rings. The molecule has 0 spiro atoms. The van der Waals surface area contributed by atoms with E-state index in [0.29, 0.717) is 6.54 Å². The largest absolute Gasteiger partial charge is 0.310 e. The van der Waals surface area contributed by atoms with Crippen molar-refractivity contribution in [1.82, 2.24) is 5.32 Å². The average molecular weight is 287 g/mol. The summed E-state index contributed by atoms with van der Waals surface area (Å²) in [7, 11) is 0. The van der Waals surface area contributed by atoms with Gasteiger partial charge in [-0.2, -0.15) is 0 Å². The van der Waals surface area contributed by atoms with Gasteiger partial charge in [-0.3, -0.25) is 0 Å². The highest BCUT2D eigenvalue weighted by Gasteiger charge is 2.19. The molecule has 0 aliphatic carbocycles. The van der Waals surface area contributed by atoms with Crippen molar-refractivity contribution in [3.8, 4) is 0 Å². The van der Waals surface area contributed by atoms with Crippen molar-refractivity contribution in [1.29, 1.82) is 0 Å². The van der Waals surface area contributed by atoms with Crippen molar-refractivity contribution in [3.63, 3.8) is 0 Å². The standard InChI is InChI=1S/C16H24F3N/c1-3-5-6-7-8-9-14(20-4-2)12-10-11-13(17)16(19)15(12)18/h10-11,14,20H,3-9H2,1-2H3. The monoisotopic (exact) mass is 287 g/mol. The molecule has 0 saturated carbocycles. The Morgan fingerprint density at radius 2 is 1.65 bits per heavy atom. The summed E-state index contributed by atoms with van der Waals surface area (Å²) in [4.78, 5) is 0. The predicted octanol–water partition coefficient (Wildman–Crippen LogP) is 5.12. The normalized spacial score (nSPS) is 12.7. The first-order valence-electron chi connectivity index (χ1n) is 7.48. The van der Waals surface area contributed by atoms with Gasteiger partial charge in [0.25, 0.3) is 0 Å². The zero-order valence-corrected chi connectivity index (χ0v) is 12.3. The van der Waals surface area contributed by atoms with Crippen molar-refractivity contribution in [2.75, 3.05) is 6.54 Å². The van der Waals surface area contributed by atoms with Gasteiger partial charge in [0.05, 0.1) is 0 Å². The van der Waals surface area contributed by atoms with Crippen LogP contribution in [0.4, 0.5) is 13.2 Å². The molecular weight excluding hydrogens is 263 g/mol. The molecule has 0 amide bonds. The van der Waals surface area contributed by atoms with Gasteiger partial charge in [0, 0.05) is 11.6 Å². The van der Waals surface area contributed by atoms with Crippen LogP contribution < -0.4 is 5.32 Å². The van der Waals surface area contributed by atoms with Gasteiger partial charge in [-0.1, -0.05) is 52.0 Å². The molecule has 1 aromatic rings. The third-order valence-corrected chi connectivity index (χ3v) is 3.49. The molecule has 0 radical (unpaired) electrons. The summed E-state index contributed by atoms with van der Waals surface area (Å²) in [5.74, 6) is -3.58. The molecule has 0 aliphatic heterocycles. The minimum absolute atomic E-state index is 0.223. The molecule has 0 aromatic heterocycles. The Hall–Kier alpha value is -1.03. The molecule has 114 valence electrons. The van der Waals surface area contributed by atoms with E-state index in [1.807, 2.05) is 6.92 Å². The second kappa shape index (κ2) is 9.01. The van der Waals surface area contributed by atoms with E-state index >= 15 is 0 Å². The summed E-state index contributed by atoms with van der Waals surface area (Å²) in [5.41, 5.74) is 0.223. The van der Waals surface area contributed by atoms with Crippen molar-refractivity contribution in [2.24, 2.45) is 0 Å². The van der Waals surface area contributed by atoms with Crippen LogP contribution in [0.25, 0.3) is 0 Å². The number of unbranched alkanes of at least 4 members (excludes halogenated alkanes) is 4. The average Bonchev–Trinajstić information content (AvgIpc) is 2.44. The smallest absolute Gasteiger partial charge is 0.194 e. The zero-order valence-electron chi connectivity index (χ0n) is 12.3. The fourth-order valence-corrected chi connectivity index (χ4v) is 2.38. The molecule has 4 heteroatoms. The lowest BCUT2D eigenvalue weighted by molar-refractivity contribution is 0.413. The van der Waals surface area contributed by atoms with Gasteiger partial charge in [0.1, 0.15) is 0 Å². The van der Waals surface area contributed by atoms with Crippen molar-refractivity contribution >= 4 is 0 Å². The van der Waals surface area contributed by atoms with Crippen LogP contribution in [-0.2, 0) is 0 Å². The molecular formula is C16H24F3N. The quantitative estimate of drug-likeness (QED) is 0.491. The first kappa shape index (κ1) is 17.0. The molecule has 1 nitrogen and oxygen atoms in total. The van der Waals surface area contributed by atoms with Crippen molar-refractivity contribution in [3.05, 3.63) is 35.1 Å². The van der Waals surface area contributed by atoms with Crippen LogP contribution in [0.2, 0.25) is 0 Å². The second-order valence-electron chi connectivity index (χ2n) is 5.08. The first-order valence-corrected chi connectivity index (χ1v) is 7.48. The maximum absolute atomic E-state index is 13.8. The van der Waals surface area contributed by atoms with Crippen LogP contribution in [0.15, 0.2) is 12.1 Å². The molecule has 1 aromatic carbocycles. The van der Waals surface area contributed by atoms with Crippen LogP contribution >= 0.6 is 0 Å². The number of benzene rings is 1. The van der Waals surface area contributed by atoms with Gasteiger partial charge >= 0.3 is 0 Å². The second-order valence-corrected chi connectivity index (χ2v) is 5.08. The Morgan fingerprint density at radius 1 is 0.950 bits per heavy atom. The van der Waals surface area contributed by atoms with E-state index in [4.69, 9.17) is 0 Å². The fourth-order valence-electron chi connectivity index (χ4n) is 2.38.